The van der Waals surface area contributed by atoms with Crippen LogP contribution in [0.1, 0.15) is 26.2 Å². The summed E-state index contributed by atoms with van der Waals surface area (Å²) in [5.41, 5.74) is 0. The molecule has 0 saturated heterocycles. The molecule has 1 rings (SSSR count). The van der Waals surface area contributed by atoms with Crippen molar-refractivity contribution in [3.8, 4) is 0 Å². The number of carbonyl (C=O) groups excluding carboxylic acids is 1. The Morgan fingerprint density at radius 2 is 2.25 bits per heavy atom. The Bertz CT molecular complexity index is 300. The lowest BCUT2D eigenvalue weighted by Crippen LogP contribution is -2.23. The summed E-state index contributed by atoms with van der Waals surface area (Å²) in [6, 6.07) is 0. The van der Waals surface area contributed by atoms with Crippen molar-refractivity contribution < 1.29 is 14.5 Å². The van der Waals surface area contributed by atoms with Gasteiger partial charge in [-0.15, -0.1) is 0 Å². The van der Waals surface area contributed by atoms with Gasteiger partial charge in [-0.05, 0) is 18.6 Å². The second-order valence-corrected chi connectivity index (χ2v) is 3.96. The first kappa shape index (κ1) is 15.0. The van der Waals surface area contributed by atoms with Crippen molar-refractivity contribution in [3.05, 3.63) is 18.7 Å². The number of aliphatic carboxylic acids is 1. The Morgan fingerprint density at radius 3 is 2.56 bits per heavy atom. The van der Waals surface area contributed by atoms with Gasteiger partial charge in [0.05, 0.1) is 13.6 Å². The number of carboxylic acid groups (broad SMARTS) is 1. The maximum Gasteiger partial charge on any atom is 0.243 e. The van der Waals surface area contributed by atoms with Crippen LogP contribution in [-0.4, -0.2) is 16.3 Å². The highest BCUT2D eigenvalue weighted by molar-refractivity contribution is 7.80. The number of rotatable bonds is 5. The molecule has 0 atom stereocenters. The Kier molecular flexibility index (Phi) is 8.71. The van der Waals surface area contributed by atoms with Gasteiger partial charge in [0.25, 0.3) is 0 Å². The standard InChI is InChI=1S/C8H15N2.C3H6O2S/c1-3-4-5-10-7-6-9(2)8-10;4-3(5)1-2-6/h6-8H,3-5H2,1-2H3;6H,1-2H2,(H,4,5)/q+1;/p-1. The van der Waals surface area contributed by atoms with Crippen molar-refractivity contribution >= 4 is 18.6 Å². The van der Waals surface area contributed by atoms with Crippen LogP contribution in [0.15, 0.2) is 18.7 Å². The Morgan fingerprint density at radius 1 is 1.56 bits per heavy atom. The molecular formula is C11H20N2O2S. The number of carboxylic acids is 1. The SMILES string of the molecule is CCCCn1cc[n+](C)c1.O=C([O-])CCS. The highest BCUT2D eigenvalue weighted by Crippen LogP contribution is 1.91. The molecular weight excluding hydrogens is 224 g/mol. The molecule has 0 radical (unpaired) electrons. The van der Waals surface area contributed by atoms with Crippen molar-refractivity contribution in [2.24, 2.45) is 7.05 Å². The quantitative estimate of drug-likeness (QED) is 0.593. The molecule has 0 fully saturated rings. The van der Waals surface area contributed by atoms with Crippen molar-refractivity contribution in [1.82, 2.24) is 4.57 Å². The number of unbranched alkanes of at least 4 members (excludes halogenated alkanes) is 1. The summed E-state index contributed by atoms with van der Waals surface area (Å²) in [6.45, 7) is 3.36. The topological polar surface area (TPSA) is 48.9 Å². The number of aryl methyl sites for hydroxylation is 2. The average molecular weight is 244 g/mol. The first-order valence-electron chi connectivity index (χ1n) is 5.41. The van der Waals surface area contributed by atoms with Gasteiger partial charge < -0.3 is 9.90 Å². The molecule has 0 unspecified atom stereocenters. The number of nitrogens with zero attached hydrogens (tertiary/aromatic N) is 2. The number of hydrogen-bond donors (Lipinski definition) is 1. The Labute approximate surface area is 102 Å². The van der Waals surface area contributed by atoms with Gasteiger partial charge >= 0.3 is 0 Å². The fraction of sp³-hybridized carbons (Fsp3) is 0.636. The van der Waals surface area contributed by atoms with Crippen LogP contribution in [0.3, 0.4) is 0 Å². The van der Waals surface area contributed by atoms with Crippen LogP contribution in [0.25, 0.3) is 0 Å². The fourth-order valence-corrected chi connectivity index (χ4v) is 1.25. The van der Waals surface area contributed by atoms with Crippen molar-refractivity contribution in [2.45, 2.75) is 32.7 Å². The molecule has 0 amide bonds. The minimum atomic E-state index is -1.04. The third-order valence-corrected chi connectivity index (χ3v) is 2.13. The molecule has 4 nitrogen and oxygen atoms in total. The fourth-order valence-electron chi connectivity index (χ4n) is 1.07. The lowest BCUT2D eigenvalue weighted by molar-refractivity contribution is -0.671. The van der Waals surface area contributed by atoms with E-state index in [2.05, 4.69) is 47.4 Å². The lowest BCUT2D eigenvalue weighted by atomic mass is 10.3. The molecule has 0 aromatic carbocycles. The molecule has 1 heterocycles. The summed E-state index contributed by atoms with van der Waals surface area (Å²) < 4.78 is 4.28. The van der Waals surface area contributed by atoms with Gasteiger partial charge in [0.15, 0.2) is 0 Å². The number of imidazole rings is 1. The summed E-state index contributed by atoms with van der Waals surface area (Å²) in [4.78, 5) is 9.44. The average Bonchev–Trinajstić information content (AvgIpc) is 2.62. The van der Waals surface area contributed by atoms with Crippen molar-refractivity contribution in [1.29, 1.82) is 0 Å². The van der Waals surface area contributed by atoms with E-state index in [0.717, 1.165) is 6.54 Å². The van der Waals surface area contributed by atoms with E-state index < -0.39 is 5.97 Å². The van der Waals surface area contributed by atoms with E-state index in [9.17, 15) is 9.90 Å². The molecule has 0 N–H and O–H groups in total. The zero-order valence-corrected chi connectivity index (χ0v) is 10.8. The van der Waals surface area contributed by atoms with Gasteiger partial charge in [0.1, 0.15) is 12.4 Å². The molecule has 1 aromatic heterocycles. The molecule has 0 aliphatic rings. The maximum absolute atomic E-state index is 9.44. The predicted molar refractivity (Wildman–Crippen MR) is 64.0 cm³/mol. The van der Waals surface area contributed by atoms with Crippen LogP contribution >= 0.6 is 12.6 Å². The maximum atomic E-state index is 9.44. The zero-order chi connectivity index (χ0) is 12.4. The van der Waals surface area contributed by atoms with Crippen LogP contribution in [-0.2, 0) is 18.4 Å². The highest BCUT2D eigenvalue weighted by atomic mass is 32.1. The summed E-state index contributed by atoms with van der Waals surface area (Å²) >= 11 is 3.64. The van der Waals surface area contributed by atoms with Gasteiger partial charge in [-0.25, -0.2) is 9.13 Å². The third kappa shape index (κ3) is 8.35. The molecule has 1 aromatic rings. The number of thiol groups is 1. The zero-order valence-electron chi connectivity index (χ0n) is 9.93. The molecule has 0 bridgehead atoms. The van der Waals surface area contributed by atoms with Crippen molar-refractivity contribution in [2.75, 3.05) is 5.75 Å². The highest BCUT2D eigenvalue weighted by Gasteiger charge is 1.96. The number of hydrogen-bond acceptors (Lipinski definition) is 3. The smallest absolute Gasteiger partial charge is 0.243 e. The molecule has 92 valence electrons. The van der Waals surface area contributed by atoms with E-state index in [4.69, 9.17) is 0 Å². The van der Waals surface area contributed by atoms with Gasteiger partial charge in [0.2, 0.25) is 6.33 Å². The third-order valence-electron chi connectivity index (χ3n) is 1.91. The van der Waals surface area contributed by atoms with Gasteiger partial charge in [-0.3, -0.25) is 0 Å². The van der Waals surface area contributed by atoms with Gasteiger partial charge in [0, 0.05) is 5.97 Å². The first-order valence-corrected chi connectivity index (χ1v) is 6.05. The van der Waals surface area contributed by atoms with E-state index in [1.54, 1.807) is 0 Å². The van der Waals surface area contributed by atoms with Crippen LogP contribution < -0.4 is 9.67 Å². The summed E-state index contributed by atoms with van der Waals surface area (Å²) in [6.07, 6.45) is 8.86. The van der Waals surface area contributed by atoms with E-state index >= 15 is 0 Å². The Hall–Kier alpha value is -0.970. The van der Waals surface area contributed by atoms with E-state index in [1.165, 1.54) is 12.8 Å². The second kappa shape index (κ2) is 9.27. The lowest BCUT2D eigenvalue weighted by Gasteiger charge is -1.91. The van der Waals surface area contributed by atoms with Crippen LogP contribution in [0.4, 0.5) is 0 Å². The number of aromatic nitrogens is 2. The number of carbonyl (C=O) groups is 1. The van der Waals surface area contributed by atoms with E-state index in [-0.39, 0.29) is 6.42 Å². The van der Waals surface area contributed by atoms with Crippen LogP contribution in [0.5, 0.6) is 0 Å². The van der Waals surface area contributed by atoms with Gasteiger partial charge in [-0.2, -0.15) is 12.6 Å². The monoisotopic (exact) mass is 244 g/mol. The first-order chi connectivity index (χ1) is 7.60. The molecule has 0 spiro atoms. The molecule has 5 heteroatoms. The van der Waals surface area contributed by atoms with E-state index in [1.807, 2.05) is 7.05 Å². The minimum absolute atomic E-state index is 0.0448. The van der Waals surface area contributed by atoms with Gasteiger partial charge in [-0.1, -0.05) is 13.3 Å². The molecule has 0 aliphatic carbocycles. The van der Waals surface area contributed by atoms with Crippen molar-refractivity contribution in [3.63, 3.8) is 0 Å². The summed E-state index contributed by atoms with van der Waals surface area (Å²) in [5, 5.41) is 9.44. The molecule has 0 saturated carbocycles. The van der Waals surface area contributed by atoms with Crippen LogP contribution in [0, 0.1) is 0 Å². The summed E-state index contributed by atoms with van der Waals surface area (Å²) in [7, 11) is 2.04. The molecule has 0 aliphatic heterocycles. The van der Waals surface area contributed by atoms with E-state index in [0.29, 0.717) is 5.75 Å². The van der Waals surface area contributed by atoms with Crippen LogP contribution in [0.2, 0.25) is 0 Å². The summed E-state index contributed by atoms with van der Waals surface area (Å²) in [5.74, 6) is -0.674. The normalized spacial score (nSPS) is 9.44. The Balaban J connectivity index is 0.000000325. The minimum Gasteiger partial charge on any atom is -0.550 e. The largest absolute Gasteiger partial charge is 0.550 e. The predicted octanol–water partition coefficient (Wildman–Crippen LogP) is 0.169. The second-order valence-electron chi connectivity index (χ2n) is 3.52. The molecule has 16 heavy (non-hydrogen) atoms.